The average Bonchev–Trinajstić information content (AvgIpc) is 3.42. The Morgan fingerprint density at radius 2 is 2.08 bits per heavy atom. The van der Waals surface area contributed by atoms with Gasteiger partial charge < -0.3 is 5.32 Å². The number of nitrogens with zero attached hydrogens (tertiary/aromatic N) is 8. The number of rotatable bonds is 6. The fourth-order valence-electron chi connectivity index (χ4n) is 4.22. The maximum absolute atomic E-state index is 13.2. The van der Waals surface area contributed by atoms with E-state index in [0.29, 0.717) is 29.0 Å². The molecule has 1 aliphatic carbocycles. The summed E-state index contributed by atoms with van der Waals surface area (Å²) in [6.45, 7) is 12.9. The predicted molar refractivity (Wildman–Crippen MR) is 133 cm³/mol. The van der Waals surface area contributed by atoms with Gasteiger partial charge >= 0.3 is 0 Å². The number of carbonyl (C=O) groups is 1. The van der Waals surface area contributed by atoms with Crippen LogP contribution >= 0.6 is 0 Å². The van der Waals surface area contributed by atoms with Crippen molar-refractivity contribution in [3.63, 3.8) is 0 Å². The SMILES string of the molecule is C=NN(/N=C\C)c1ncc(NC(=O)C2CC(C)(C)c3c2cnc2cc(C(F)F)nn32)cc1C#N.CC. The first kappa shape index (κ1) is 26.3. The third kappa shape index (κ3) is 4.77. The van der Waals surface area contributed by atoms with Crippen LogP contribution < -0.4 is 10.4 Å². The van der Waals surface area contributed by atoms with Crippen LogP contribution in [0, 0.1) is 11.3 Å². The summed E-state index contributed by atoms with van der Waals surface area (Å²) in [5.74, 6) is -0.763. The van der Waals surface area contributed by atoms with Crippen molar-refractivity contribution in [3.05, 3.63) is 47.0 Å². The van der Waals surface area contributed by atoms with Crippen LogP contribution in [0.3, 0.4) is 0 Å². The molecular formula is C24H27F2N9O. The Morgan fingerprint density at radius 3 is 2.69 bits per heavy atom. The molecule has 0 saturated heterocycles. The van der Waals surface area contributed by atoms with Gasteiger partial charge in [-0.3, -0.25) is 4.79 Å². The van der Waals surface area contributed by atoms with Crippen molar-refractivity contribution >= 4 is 36.0 Å². The number of hydrazone groups is 2. The molecule has 0 spiro atoms. The second-order valence-corrected chi connectivity index (χ2v) is 8.34. The predicted octanol–water partition coefficient (Wildman–Crippen LogP) is 4.79. The molecule has 0 bridgehead atoms. The Labute approximate surface area is 207 Å². The number of hydrogen-bond acceptors (Lipinski definition) is 8. The van der Waals surface area contributed by atoms with Crippen molar-refractivity contribution in [1.29, 1.82) is 5.26 Å². The molecule has 3 heterocycles. The van der Waals surface area contributed by atoms with Gasteiger partial charge in [-0.25, -0.2) is 23.3 Å². The molecule has 1 amide bonds. The fraction of sp³-hybridized carbons (Fsp3) is 0.375. The summed E-state index contributed by atoms with van der Waals surface area (Å²) < 4.78 is 27.8. The van der Waals surface area contributed by atoms with E-state index >= 15 is 0 Å². The number of carbonyl (C=O) groups excluding carboxylic acids is 1. The second-order valence-electron chi connectivity index (χ2n) is 8.34. The van der Waals surface area contributed by atoms with Crippen LogP contribution in [-0.2, 0) is 10.2 Å². The maximum Gasteiger partial charge on any atom is 0.282 e. The lowest BCUT2D eigenvalue weighted by Crippen LogP contribution is -2.22. The smallest absolute Gasteiger partial charge is 0.282 e. The maximum atomic E-state index is 13.2. The van der Waals surface area contributed by atoms with Crippen LogP contribution in [0.25, 0.3) is 5.65 Å². The highest BCUT2D eigenvalue weighted by molar-refractivity contribution is 5.97. The molecule has 0 saturated carbocycles. The zero-order chi connectivity index (χ0) is 26.6. The van der Waals surface area contributed by atoms with Gasteiger partial charge in [-0.15, -0.1) is 5.12 Å². The molecule has 0 aromatic carbocycles. The van der Waals surface area contributed by atoms with Gasteiger partial charge in [0.25, 0.3) is 6.43 Å². The van der Waals surface area contributed by atoms with Crippen LogP contribution in [0.1, 0.15) is 75.9 Å². The fourth-order valence-corrected chi connectivity index (χ4v) is 4.22. The van der Waals surface area contributed by atoms with Crippen LogP contribution in [-0.4, -0.2) is 38.4 Å². The number of aromatic nitrogens is 4. The molecule has 1 aliphatic rings. The zero-order valence-electron chi connectivity index (χ0n) is 20.7. The van der Waals surface area contributed by atoms with E-state index in [1.54, 1.807) is 13.1 Å². The summed E-state index contributed by atoms with van der Waals surface area (Å²) in [6.07, 6.45) is 2.11. The number of pyridine rings is 1. The average molecular weight is 496 g/mol. The van der Waals surface area contributed by atoms with E-state index in [9.17, 15) is 18.8 Å². The van der Waals surface area contributed by atoms with Crippen LogP contribution in [0.2, 0.25) is 0 Å². The third-order valence-electron chi connectivity index (χ3n) is 5.60. The summed E-state index contributed by atoms with van der Waals surface area (Å²) >= 11 is 0. The minimum Gasteiger partial charge on any atom is -0.324 e. The normalized spacial score (nSPS) is 15.8. The minimum absolute atomic E-state index is 0.141. The molecule has 0 fully saturated rings. The van der Waals surface area contributed by atoms with Crippen molar-refractivity contribution in [1.82, 2.24) is 19.6 Å². The first-order valence-electron chi connectivity index (χ1n) is 11.3. The van der Waals surface area contributed by atoms with E-state index in [0.717, 1.165) is 5.12 Å². The Kier molecular flexibility index (Phi) is 7.72. The van der Waals surface area contributed by atoms with E-state index in [-0.39, 0.29) is 23.0 Å². The molecule has 1 unspecified atom stereocenters. The lowest BCUT2D eigenvalue weighted by molar-refractivity contribution is -0.117. The molecule has 1 N–H and O–H groups in total. The molecule has 4 rings (SSSR count). The summed E-state index contributed by atoms with van der Waals surface area (Å²) in [4.78, 5) is 21.7. The third-order valence-corrected chi connectivity index (χ3v) is 5.60. The number of nitrogens with one attached hydrogen (secondary N) is 1. The number of fused-ring (bicyclic) bond motifs is 3. The van der Waals surface area contributed by atoms with E-state index in [1.165, 1.54) is 29.1 Å². The number of hydrogen-bond donors (Lipinski definition) is 1. The highest BCUT2D eigenvalue weighted by Gasteiger charge is 2.43. The van der Waals surface area contributed by atoms with E-state index in [2.05, 4.69) is 37.3 Å². The van der Waals surface area contributed by atoms with Crippen molar-refractivity contribution in [2.75, 3.05) is 10.4 Å². The monoisotopic (exact) mass is 495 g/mol. The Morgan fingerprint density at radius 1 is 1.36 bits per heavy atom. The quantitative estimate of drug-likeness (QED) is 0.387. The van der Waals surface area contributed by atoms with Gasteiger partial charge in [-0.2, -0.15) is 20.6 Å². The minimum atomic E-state index is -2.72. The molecule has 36 heavy (non-hydrogen) atoms. The molecular weight excluding hydrogens is 468 g/mol. The van der Waals surface area contributed by atoms with E-state index in [4.69, 9.17) is 0 Å². The molecule has 1 atom stereocenters. The van der Waals surface area contributed by atoms with Crippen LogP contribution in [0.5, 0.6) is 0 Å². The number of nitriles is 1. The van der Waals surface area contributed by atoms with Crippen LogP contribution in [0.15, 0.2) is 34.7 Å². The van der Waals surface area contributed by atoms with E-state index < -0.39 is 17.8 Å². The highest BCUT2D eigenvalue weighted by atomic mass is 19.3. The zero-order valence-corrected chi connectivity index (χ0v) is 20.7. The van der Waals surface area contributed by atoms with Crippen molar-refractivity contribution < 1.29 is 13.6 Å². The van der Waals surface area contributed by atoms with Gasteiger partial charge in [0, 0.05) is 36.2 Å². The standard InChI is InChI=1S/C22H21F2N9O.C2H6/c1-5-29-33(26-4)20-12(9-25)6-13(10-28-20)30-21(34)14-8-22(2,3)18-15(14)11-27-17-7-16(19(23)24)31-32(17)18;1-2/h5-7,10-11,14,19H,4,8H2,1-3H3,(H,30,34);1-2H3/b29-5-;. The first-order valence-corrected chi connectivity index (χ1v) is 11.3. The number of amides is 1. The van der Waals surface area contributed by atoms with E-state index in [1.807, 2.05) is 33.8 Å². The summed E-state index contributed by atoms with van der Waals surface area (Å²) in [7, 11) is 0. The van der Waals surface area contributed by atoms with Gasteiger partial charge in [0.05, 0.1) is 23.5 Å². The van der Waals surface area contributed by atoms with Crippen molar-refractivity contribution in [2.45, 2.75) is 58.8 Å². The lowest BCUT2D eigenvalue weighted by Gasteiger charge is -2.19. The molecule has 0 radical (unpaired) electrons. The van der Waals surface area contributed by atoms with Gasteiger partial charge in [-0.05, 0) is 19.4 Å². The van der Waals surface area contributed by atoms with Gasteiger partial charge in [-0.1, -0.05) is 27.7 Å². The molecule has 10 nitrogen and oxygen atoms in total. The Balaban J connectivity index is 0.00000176. The second kappa shape index (κ2) is 10.6. The number of halogens is 2. The summed E-state index contributed by atoms with van der Waals surface area (Å²) in [6, 6.07) is 4.72. The molecule has 3 aromatic rings. The topological polar surface area (TPSA) is 124 Å². The number of anilines is 2. The van der Waals surface area contributed by atoms with Crippen molar-refractivity contribution in [3.8, 4) is 6.07 Å². The largest absolute Gasteiger partial charge is 0.324 e. The summed E-state index contributed by atoms with van der Waals surface area (Å²) in [5, 5.41) is 25.1. The van der Waals surface area contributed by atoms with Gasteiger partial charge in [0.2, 0.25) is 5.91 Å². The first-order chi connectivity index (χ1) is 17.2. The van der Waals surface area contributed by atoms with Crippen LogP contribution in [0.4, 0.5) is 20.3 Å². The molecule has 12 heteroatoms. The molecule has 0 aliphatic heterocycles. The highest BCUT2D eigenvalue weighted by Crippen LogP contribution is 2.46. The Bertz CT molecular complexity index is 1360. The molecule has 188 valence electrons. The van der Waals surface area contributed by atoms with Gasteiger partial charge in [0.15, 0.2) is 11.5 Å². The lowest BCUT2D eigenvalue weighted by atomic mass is 9.88. The van der Waals surface area contributed by atoms with Gasteiger partial charge in [0.1, 0.15) is 17.3 Å². The number of alkyl halides is 2. The van der Waals surface area contributed by atoms with Crippen molar-refractivity contribution in [2.24, 2.45) is 10.2 Å². The Hall–Kier alpha value is -4.27. The molecule has 3 aromatic heterocycles. The summed E-state index contributed by atoms with van der Waals surface area (Å²) in [5.41, 5.74) is 1.16.